The number of nitrogens with one attached hydrogen (secondary N) is 2. The topological polar surface area (TPSA) is 104 Å². The highest BCUT2D eigenvalue weighted by molar-refractivity contribution is 7.88. The number of alkyl halides is 3. The molecular formula is C19H21ClF3N5O3S. The van der Waals surface area contributed by atoms with Gasteiger partial charge in [0.25, 0.3) is 5.91 Å². The van der Waals surface area contributed by atoms with Crippen molar-refractivity contribution in [3.63, 3.8) is 0 Å². The van der Waals surface area contributed by atoms with Crippen LogP contribution in [0.15, 0.2) is 30.5 Å². The van der Waals surface area contributed by atoms with Crippen LogP contribution >= 0.6 is 11.6 Å². The minimum Gasteiger partial charge on any atom is -0.352 e. The Morgan fingerprint density at radius 1 is 1.28 bits per heavy atom. The number of anilines is 2. The molecule has 1 aliphatic heterocycles. The fourth-order valence-corrected chi connectivity index (χ4v) is 4.36. The summed E-state index contributed by atoms with van der Waals surface area (Å²) in [6.45, 7) is 0.733. The number of aromatic nitrogens is 2. The lowest BCUT2D eigenvalue weighted by Gasteiger charge is -2.30. The highest BCUT2D eigenvalue weighted by Gasteiger charge is 2.38. The van der Waals surface area contributed by atoms with Crippen LogP contribution in [0, 0.1) is 5.92 Å². The third kappa shape index (κ3) is 6.30. The fraction of sp³-hybridized carbons (Fsp3) is 0.421. The molecular weight excluding hydrogens is 471 g/mol. The Balaban J connectivity index is 1.69. The van der Waals surface area contributed by atoms with E-state index in [4.69, 9.17) is 11.6 Å². The molecule has 13 heteroatoms. The summed E-state index contributed by atoms with van der Waals surface area (Å²) >= 11 is 5.86. The Morgan fingerprint density at radius 3 is 2.56 bits per heavy atom. The first-order valence-electron chi connectivity index (χ1n) is 9.63. The Kier molecular flexibility index (Phi) is 7.25. The van der Waals surface area contributed by atoms with Crippen LogP contribution in [0.3, 0.4) is 0 Å². The van der Waals surface area contributed by atoms with Crippen molar-refractivity contribution in [1.82, 2.24) is 19.6 Å². The van der Waals surface area contributed by atoms with E-state index >= 15 is 0 Å². The van der Waals surface area contributed by atoms with Crippen molar-refractivity contribution < 1.29 is 26.4 Å². The average Bonchev–Trinajstić information content (AvgIpc) is 2.71. The molecule has 0 radical (unpaired) electrons. The van der Waals surface area contributed by atoms with Gasteiger partial charge in [-0.05, 0) is 37.0 Å². The van der Waals surface area contributed by atoms with Gasteiger partial charge in [0.1, 0.15) is 0 Å². The van der Waals surface area contributed by atoms with E-state index in [2.05, 4.69) is 20.6 Å². The Bertz CT molecular complexity index is 1090. The summed E-state index contributed by atoms with van der Waals surface area (Å²) in [6.07, 6.45) is -1.93. The number of amides is 1. The molecule has 1 fully saturated rings. The lowest BCUT2D eigenvalue weighted by molar-refractivity contribution is -0.141. The summed E-state index contributed by atoms with van der Waals surface area (Å²) in [5, 5.41) is 5.50. The van der Waals surface area contributed by atoms with E-state index in [1.807, 2.05) is 0 Å². The summed E-state index contributed by atoms with van der Waals surface area (Å²) in [7, 11) is -3.28. The molecule has 2 aromatic rings. The molecule has 0 saturated carbocycles. The molecule has 1 amide bonds. The molecule has 2 heterocycles. The molecule has 1 saturated heterocycles. The van der Waals surface area contributed by atoms with Crippen molar-refractivity contribution in [2.45, 2.75) is 19.0 Å². The van der Waals surface area contributed by atoms with Crippen LogP contribution in [-0.4, -0.2) is 54.5 Å². The monoisotopic (exact) mass is 491 g/mol. The van der Waals surface area contributed by atoms with Crippen molar-refractivity contribution in [2.75, 3.05) is 31.2 Å². The quantitative estimate of drug-likeness (QED) is 0.642. The maximum atomic E-state index is 13.6. The lowest BCUT2D eigenvalue weighted by Crippen LogP contribution is -2.41. The number of piperidine rings is 1. The SMILES string of the molecule is CS(=O)(=O)N1CCC(CNC(=O)c2cnc(Nc3cccc(Cl)c3)nc2C(F)(F)F)CC1. The van der Waals surface area contributed by atoms with Gasteiger partial charge >= 0.3 is 6.18 Å². The number of hydrogen-bond donors (Lipinski definition) is 2. The van der Waals surface area contributed by atoms with Gasteiger partial charge in [0.2, 0.25) is 16.0 Å². The normalized spacial score (nSPS) is 16.0. The molecule has 0 atom stereocenters. The van der Waals surface area contributed by atoms with Crippen LogP contribution in [-0.2, 0) is 16.2 Å². The van der Waals surface area contributed by atoms with Crippen LogP contribution in [0.5, 0.6) is 0 Å². The molecule has 174 valence electrons. The van der Waals surface area contributed by atoms with Crippen LogP contribution in [0.1, 0.15) is 28.9 Å². The maximum Gasteiger partial charge on any atom is 0.434 e. The average molecular weight is 492 g/mol. The van der Waals surface area contributed by atoms with Gasteiger partial charge in [0.15, 0.2) is 5.69 Å². The third-order valence-electron chi connectivity index (χ3n) is 4.98. The predicted molar refractivity (Wildman–Crippen MR) is 113 cm³/mol. The molecule has 2 N–H and O–H groups in total. The summed E-state index contributed by atoms with van der Waals surface area (Å²) < 4.78 is 65.1. The van der Waals surface area contributed by atoms with Gasteiger partial charge < -0.3 is 10.6 Å². The van der Waals surface area contributed by atoms with E-state index in [0.29, 0.717) is 36.6 Å². The zero-order chi connectivity index (χ0) is 23.5. The predicted octanol–water partition coefficient (Wildman–Crippen LogP) is 3.29. The van der Waals surface area contributed by atoms with Gasteiger partial charge in [-0.1, -0.05) is 17.7 Å². The Labute approximate surface area is 188 Å². The van der Waals surface area contributed by atoms with Crippen molar-refractivity contribution >= 4 is 39.2 Å². The Morgan fingerprint density at radius 2 is 1.97 bits per heavy atom. The van der Waals surface area contributed by atoms with Crippen molar-refractivity contribution in [2.24, 2.45) is 5.92 Å². The van der Waals surface area contributed by atoms with E-state index in [9.17, 15) is 26.4 Å². The number of hydrogen-bond acceptors (Lipinski definition) is 6. The minimum absolute atomic E-state index is 0.0454. The molecule has 1 aromatic carbocycles. The number of rotatable bonds is 6. The van der Waals surface area contributed by atoms with E-state index in [1.54, 1.807) is 18.2 Å². The van der Waals surface area contributed by atoms with E-state index in [1.165, 1.54) is 10.4 Å². The second kappa shape index (κ2) is 9.59. The summed E-state index contributed by atoms with van der Waals surface area (Å²) in [5.74, 6) is -1.32. The molecule has 0 bridgehead atoms. The molecule has 1 aromatic heterocycles. The molecule has 32 heavy (non-hydrogen) atoms. The van der Waals surface area contributed by atoms with E-state index in [-0.39, 0.29) is 18.4 Å². The summed E-state index contributed by atoms with van der Waals surface area (Å²) in [5.41, 5.74) is -1.66. The second-order valence-electron chi connectivity index (χ2n) is 7.40. The molecule has 0 aliphatic carbocycles. The first-order valence-corrected chi connectivity index (χ1v) is 11.9. The number of nitrogens with zero attached hydrogens (tertiary/aromatic N) is 3. The van der Waals surface area contributed by atoms with Crippen LogP contribution in [0.2, 0.25) is 5.02 Å². The molecule has 1 aliphatic rings. The van der Waals surface area contributed by atoms with Crippen LogP contribution < -0.4 is 10.6 Å². The summed E-state index contributed by atoms with van der Waals surface area (Å²) in [4.78, 5) is 19.8. The minimum atomic E-state index is -4.87. The van der Waals surface area contributed by atoms with Crippen molar-refractivity contribution in [3.05, 3.63) is 46.7 Å². The van der Waals surface area contributed by atoms with Crippen molar-refractivity contribution in [3.8, 4) is 0 Å². The van der Waals surface area contributed by atoms with E-state index < -0.39 is 33.4 Å². The zero-order valence-electron chi connectivity index (χ0n) is 17.0. The van der Waals surface area contributed by atoms with Gasteiger partial charge in [-0.2, -0.15) is 13.2 Å². The molecule has 0 unspecified atom stereocenters. The smallest absolute Gasteiger partial charge is 0.352 e. The largest absolute Gasteiger partial charge is 0.434 e. The third-order valence-corrected chi connectivity index (χ3v) is 6.51. The highest BCUT2D eigenvalue weighted by Crippen LogP contribution is 2.31. The van der Waals surface area contributed by atoms with Crippen molar-refractivity contribution in [1.29, 1.82) is 0 Å². The lowest BCUT2D eigenvalue weighted by atomic mass is 9.98. The second-order valence-corrected chi connectivity index (χ2v) is 9.82. The van der Waals surface area contributed by atoms with Gasteiger partial charge in [-0.15, -0.1) is 0 Å². The van der Waals surface area contributed by atoms with Crippen LogP contribution in [0.25, 0.3) is 0 Å². The zero-order valence-corrected chi connectivity index (χ0v) is 18.6. The van der Waals surface area contributed by atoms with E-state index in [0.717, 1.165) is 12.5 Å². The van der Waals surface area contributed by atoms with Gasteiger partial charge in [0.05, 0.1) is 11.8 Å². The summed E-state index contributed by atoms with van der Waals surface area (Å²) in [6, 6.07) is 6.29. The number of carbonyl (C=O) groups excluding carboxylic acids is 1. The first kappa shape index (κ1) is 24.2. The number of carbonyl (C=O) groups is 1. The number of benzene rings is 1. The number of sulfonamides is 1. The van der Waals surface area contributed by atoms with Gasteiger partial charge in [-0.25, -0.2) is 22.7 Å². The maximum absolute atomic E-state index is 13.6. The highest BCUT2D eigenvalue weighted by atomic mass is 35.5. The standard InChI is InChI=1S/C19H21ClF3N5O3S/c1-32(30,31)28-7-5-12(6-8-28)10-24-17(29)15-11-25-18(27-16(15)19(21,22)23)26-14-4-2-3-13(20)9-14/h2-4,9,11-12H,5-8,10H2,1H3,(H,24,29)(H,25,26,27). The van der Waals surface area contributed by atoms with Gasteiger partial charge in [-0.3, -0.25) is 4.79 Å². The molecule has 3 rings (SSSR count). The van der Waals surface area contributed by atoms with Crippen LogP contribution in [0.4, 0.5) is 24.8 Å². The van der Waals surface area contributed by atoms with Gasteiger partial charge in [0, 0.05) is 36.5 Å². The Hall–Kier alpha value is -2.44. The molecule has 0 spiro atoms. The molecule has 8 nitrogen and oxygen atoms in total. The number of halogens is 4. The first-order chi connectivity index (χ1) is 14.9. The fourth-order valence-electron chi connectivity index (χ4n) is 3.30.